The number of benzene rings is 2. The average Bonchev–Trinajstić information content (AvgIpc) is 3.12. The minimum atomic E-state index is -0.454. The van der Waals surface area contributed by atoms with Gasteiger partial charge in [0.1, 0.15) is 11.8 Å². The van der Waals surface area contributed by atoms with Crippen LogP contribution in [0.2, 0.25) is 10.0 Å². The maximum atomic E-state index is 12.8. The summed E-state index contributed by atoms with van der Waals surface area (Å²) in [5.41, 5.74) is 3.05. The minimum absolute atomic E-state index is 0.0873. The van der Waals surface area contributed by atoms with E-state index in [4.69, 9.17) is 23.2 Å². The van der Waals surface area contributed by atoms with Crippen molar-refractivity contribution in [2.24, 2.45) is 0 Å². The SMILES string of the molecule is O=C1CCCC2=C1C(c1cccc(O)c1)n1nc(-c3ccc(Cl)c(Cl)c3)nc1N2. The van der Waals surface area contributed by atoms with Gasteiger partial charge < -0.3 is 10.4 Å². The van der Waals surface area contributed by atoms with Gasteiger partial charge in [0.25, 0.3) is 0 Å². The number of halogens is 2. The number of anilines is 1. The Balaban J connectivity index is 1.68. The molecule has 1 aliphatic heterocycles. The van der Waals surface area contributed by atoms with Crippen LogP contribution in [0.1, 0.15) is 30.9 Å². The number of hydrogen-bond donors (Lipinski definition) is 2. The minimum Gasteiger partial charge on any atom is -0.508 e. The molecule has 0 saturated carbocycles. The van der Waals surface area contributed by atoms with Crippen molar-refractivity contribution in [3.8, 4) is 17.1 Å². The topological polar surface area (TPSA) is 80.0 Å². The zero-order valence-electron chi connectivity index (χ0n) is 15.2. The highest BCUT2D eigenvalue weighted by atomic mass is 35.5. The third kappa shape index (κ3) is 3.09. The molecular weight excluding hydrogens is 411 g/mol. The van der Waals surface area contributed by atoms with Crippen molar-refractivity contribution >= 4 is 34.9 Å². The number of rotatable bonds is 2. The quantitative estimate of drug-likeness (QED) is 0.603. The number of nitrogens with zero attached hydrogens (tertiary/aromatic N) is 3. The van der Waals surface area contributed by atoms with Crippen LogP contribution in [-0.2, 0) is 4.79 Å². The van der Waals surface area contributed by atoms with Crippen molar-refractivity contribution < 1.29 is 9.90 Å². The fraction of sp³-hybridized carbons (Fsp3) is 0.190. The number of Topliss-reactive ketones (excluding diaryl/α,β-unsaturated/α-hetero) is 1. The fourth-order valence-corrected chi connectivity index (χ4v) is 4.21. The Morgan fingerprint density at radius 1 is 1.10 bits per heavy atom. The van der Waals surface area contributed by atoms with Gasteiger partial charge in [0.05, 0.1) is 10.0 Å². The van der Waals surface area contributed by atoms with Crippen LogP contribution in [0.5, 0.6) is 5.75 Å². The summed E-state index contributed by atoms with van der Waals surface area (Å²) in [7, 11) is 0. The maximum Gasteiger partial charge on any atom is 0.226 e. The molecule has 0 bridgehead atoms. The highest BCUT2D eigenvalue weighted by molar-refractivity contribution is 6.42. The lowest BCUT2D eigenvalue weighted by atomic mass is 9.85. The molecule has 0 radical (unpaired) electrons. The monoisotopic (exact) mass is 426 g/mol. The maximum absolute atomic E-state index is 12.8. The first kappa shape index (κ1) is 18.2. The van der Waals surface area contributed by atoms with Crippen LogP contribution in [-0.4, -0.2) is 25.7 Å². The standard InChI is InChI=1S/C21H16Cl2N4O2/c22-14-8-7-12(10-15(14)23)20-25-21-24-16-5-2-6-17(29)18(16)19(27(21)26-20)11-3-1-4-13(28)9-11/h1,3-4,7-10,19,28H,2,5-6H2,(H,24,25,26). The Bertz CT molecular complexity index is 1190. The van der Waals surface area contributed by atoms with E-state index in [0.29, 0.717) is 33.8 Å². The van der Waals surface area contributed by atoms with Gasteiger partial charge in [-0.05, 0) is 48.7 Å². The number of carbonyl (C=O) groups excluding carboxylic acids is 1. The van der Waals surface area contributed by atoms with Crippen LogP contribution in [0.4, 0.5) is 5.95 Å². The summed E-state index contributed by atoms with van der Waals surface area (Å²) in [6.45, 7) is 0. The Morgan fingerprint density at radius 3 is 2.76 bits per heavy atom. The molecule has 0 saturated heterocycles. The summed E-state index contributed by atoms with van der Waals surface area (Å²) < 4.78 is 1.70. The molecule has 146 valence electrons. The molecule has 8 heteroatoms. The first-order valence-corrected chi connectivity index (χ1v) is 10.0. The molecule has 2 N–H and O–H groups in total. The number of carbonyl (C=O) groups is 1. The third-order valence-corrected chi connectivity index (χ3v) is 5.97. The van der Waals surface area contributed by atoms with E-state index in [2.05, 4.69) is 15.4 Å². The van der Waals surface area contributed by atoms with Gasteiger partial charge in [-0.25, -0.2) is 4.68 Å². The van der Waals surface area contributed by atoms with Gasteiger partial charge in [-0.3, -0.25) is 4.79 Å². The molecule has 1 aromatic heterocycles. The number of aromatic nitrogens is 3. The van der Waals surface area contributed by atoms with Crippen molar-refractivity contribution in [2.45, 2.75) is 25.3 Å². The predicted molar refractivity (Wildman–Crippen MR) is 111 cm³/mol. The van der Waals surface area contributed by atoms with Gasteiger partial charge in [0.2, 0.25) is 5.95 Å². The van der Waals surface area contributed by atoms with Crippen molar-refractivity contribution in [3.05, 3.63) is 69.3 Å². The molecule has 1 atom stereocenters. The van der Waals surface area contributed by atoms with Crippen LogP contribution in [0.15, 0.2) is 53.7 Å². The molecule has 2 aromatic carbocycles. The first-order chi connectivity index (χ1) is 14.0. The molecule has 0 spiro atoms. The van der Waals surface area contributed by atoms with Crippen molar-refractivity contribution in [2.75, 3.05) is 5.32 Å². The lowest BCUT2D eigenvalue weighted by Crippen LogP contribution is -2.31. The molecular formula is C21H16Cl2N4O2. The summed E-state index contributed by atoms with van der Waals surface area (Å²) in [4.78, 5) is 17.4. The Morgan fingerprint density at radius 2 is 1.97 bits per heavy atom. The largest absolute Gasteiger partial charge is 0.508 e. The second-order valence-corrected chi connectivity index (χ2v) is 7.94. The molecule has 29 heavy (non-hydrogen) atoms. The second kappa shape index (κ2) is 6.90. The highest BCUT2D eigenvalue weighted by Crippen LogP contribution is 2.41. The van der Waals surface area contributed by atoms with Gasteiger partial charge in [-0.1, -0.05) is 35.3 Å². The number of nitrogens with one attached hydrogen (secondary N) is 1. The Kier molecular flexibility index (Phi) is 4.33. The van der Waals surface area contributed by atoms with Gasteiger partial charge in [0.15, 0.2) is 11.6 Å². The van der Waals surface area contributed by atoms with Crippen LogP contribution >= 0.6 is 23.2 Å². The smallest absolute Gasteiger partial charge is 0.226 e. The van der Waals surface area contributed by atoms with E-state index in [9.17, 15) is 9.90 Å². The van der Waals surface area contributed by atoms with Crippen molar-refractivity contribution in [3.63, 3.8) is 0 Å². The van der Waals surface area contributed by atoms with Gasteiger partial charge in [-0.15, -0.1) is 5.10 Å². The molecule has 2 aliphatic rings. The normalized spacial score (nSPS) is 18.3. The molecule has 3 aromatic rings. The van der Waals surface area contributed by atoms with E-state index in [-0.39, 0.29) is 11.5 Å². The van der Waals surface area contributed by atoms with E-state index < -0.39 is 6.04 Å². The average molecular weight is 427 g/mol. The number of phenols is 1. The third-order valence-electron chi connectivity index (χ3n) is 5.23. The summed E-state index contributed by atoms with van der Waals surface area (Å²) in [6.07, 6.45) is 2.07. The number of fused-ring (bicyclic) bond motifs is 1. The van der Waals surface area contributed by atoms with Crippen LogP contribution in [0, 0.1) is 0 Å². The molecule has 1 aliphatic carbocycles. The summed E-state index contributed by atoms with van der Waals surface area (Å²) in [6, 6.07) is 11.7. The van der Waals surface area contributed by atoms with Gasteiger partial charge >= 0.3 is 0 Å². The van der Waals surface area contributed by atoms with Crippen molar-refractivity contribution in [1.29, 1.82) is 0 Å². The number of phenolic OH excluding ortho intramolecular Hbond substituents is 1. The number of aromatic hydroxyl groups is 1. The summed E-state index contributed by atoms with van der Waals surface area (Å²) in [5, 5.41) is 18.8. The predicted octanol–water partition coefficient (Wildman–Crippen LogP) is 4.98. The number of hydrogen-bond acceptors (Lipinski definition) is 5. The van der Waals surface area contributed by atoms with Crippen LogP contribution < -0.4 is 5.32 Å². The Hall–Kier alpha value is -2.83. The van der Waals surface area contributed by atoms with Gasteiger partial charge in [0, 0.05) is 23.3 Å². The highest BCUT2D eigenvalue weighted by Gasteiger charge is 2.37. The second-order valence-electron chi connectivity index (χ2n) is 7.12. The fourth-order valence-electron chi connectivity index (χ4n) is 3.92. The Labute approximate surface area is 176 Å². The van der Waals surface area contributed by atoms with Gasteiger partial charge in [-0.2, -0.15) is 4.98 Å². The van der Waals surface area contributed by atoms with E-state index >= 15 is 0 Å². The molecule has 5 rings (SSSR count). The molecule has 0 amide bonds. The van der Waals surface area contributed by atoms with Crippen LogP contribution in [0.25, 0.3) is 11.4 Å². The van der Waals surface area contributed by atoms with E-state index in [1.165, 1.54) is 0 Å². The molecule has 1 unspecified atom stereocenters. The number of allylic oxidation sites excluding steroid dienone is 2. The summed E-state index contributed by atoms with van der Waals surface area (Å²) in [5.74, 6) is 1.25. The molecule has 6 nitrogen and oxygen atoms in total. The van der Waals surface area contributed by atoms with Crippen molar-refractivity contribution in [1.82, 2.24) is 14.8 Å². The van der Waals surface area contributed by atoms with E-state index in [1.54, 1.807) is 41.1 Å². The molecule has 2 heterocycles. The van der Waals surface area contributed by atoms with E-state index in [0.717, 1.165) is 29.7 Å². The van der Waals surface area contributed by atoms with Crippen LogP contribution in [0.3, 0.4) is 0 Å². The lowest BCUT2D eigenvalue weighted by molar-refractivity contribution is -0.116. The lowest BCUT2D eigenvalue weighted by Gasteiger charge is -2.32. The first-order valence-electron chi connectivity index (χ1n) is 9.25. The zero-order valence-corrected chi connectivity index (χ0v) is 16.7. The summed E-state index contributed by atoms with van der Waals surface area (Å²) >= 11 is 12.2. The van der Waals surface area contributed by atoms with E-state index in [1.807, 2.05) is 6.07 Å². The molecule has 0 fully saturated rings. The number of ketones is 1. The zero-order chi connectivity index (χ0) is 20.1.